The van der Waals surface area contributed by atoms with Gasteiger partial charge in [-0.3, -0.25) is 9.59 Å². The molecule has 2 unspecified atom stereocenters. The van der Waals surface area contributed by atoms with E-state index in [9.17, 15) is 14.7 Å². The lowest BCUT2D eigenvalue weighted by Gasteiger charge is -2.43. The second-order valence-corrected chi connectivity index (χ2v) is 7.41. The number of aliphatic hydroxyl groups excluding tert-OH is 1. The lowest BCUT2D eigenvalue weighted by atomic mass is 9.80. The Morgan fingerprint density at radius 3 is 2.24 bits per heavy atom. The van der Waals surface area contributed by atoms with Crippen LogP contribution >= 0.6 is 0 Å². The molecule has 2 fully saturated rings. The Morgan fingerprint density at radius 1 is 1.10 bits per heavy atom. The minimum absolute atomic E-state index is 0.0421. The molecule has 2 aromatic carbocycles. The lowest BCUT2D eigenvalue weighted by Crippen LogP contribution is -2.59. The second kappa shape index (κ2) is 7.91. The van der Waals surface area contributed by atoms with E-state index >= 15 is 0 Å². The molecule has 2 aromatic rings. The first-order chi connectivity index (χ1) is 14.1. The summed E-state index contributed by atoms with van der Waals surface area (Å²) in [5, 5.41) is 20.7. The zero-order valence-corrected chi connectivity index (χ0v) is 15.9. The number of rotatable bonds is 5. The molecule has 3 N–H and O–H groups in total. The Balaban J connectivity index is 1.84. The predicted molar refractivity (Wildman–Crippen MR) is 110 cm³/mol. The van der Waals surface area contributed by atoms with Gasteiger partial charge in [-0.15, -0.1) is 0 Å². The number of hydrogen-bond donors (Lipinski definition) is 3. The Labute approximate surface area is 169 Å². The number of hydrogen-bond acceptors (Lipinski definition) is 5. The largest absolute Gasteiger partial charge is 0.503 e. The van der Waals surface area contributed by atoms with Crippen molar-refractivity contribution < 1.29 is 14.7 Å². The van der Waals surface area contributed by atoms with Gasteiger partial charge in [-0.2, -0.15) is 0 Å². The van der Waals surface area contributed by atoms with Crippen LogP contribution in [0.1, 0.15) is 29.9 Å². The Bertz CT molecular complexity index is 916. The van der Waals surface area contributed by atoms with Crippen molar-refractivity contribution in [2.45, 2.75) is 30.8 Å². The number of carbonyl (C=O) groups excluding carboxylic acids is 2. The molecule has 6 heteroatoms. The van der Waals surface area contributed by atoms with Crippen molar-refractivity contribution in [3.8, 4) is 0 Å². The first-order valence-corrected chi connectivity index (χ1v) is 9.77. The fourth-order valence-corrected chi connectivity index (χ4v) is 4.48. The molecule has 1 amide bonds. The van der Waals surface area contributed by atoms with Crippen LogP contribution in [-0.4, -0.2) is 46.5 Å². The van der Waals surface area contributed by atoms with Gasteiger partial charge in [0.25, 0.3) is 5.91 Å². The van der Waals surface area contributed by atoms with Gasteiger partial charge in [-0.1, -0.05) is 60.7 Å². The van der Waals surface area contributed by atoms with E-state index in [1.807, 2.05) is 36.4 Å². The summed E-state index contributed by atoms with van der Waals surface area (Å²) >= 11 is 0. The molecule has 0 spiro atoms. The number of amides is 1. The number of fused-ring (bicyclic) bond motifs is 1. The maximum absolute atomic E-state index is 12.9. The van der Waals surface area contributed by atoms with E-state index in [2.05, 4.69) is 29.6 Å². The number of aliphatic hydroxyl groups is 1. The van der Waals surface area contributed by atoms with Crippen LogP contribution in [0, 0.1) is 5.41 Å². The van der Waals surface area contributed by atoms with Crippen LogP contribution in [0.25, 0.3) is 0 Å². The van der Waals surface area contributed by atoms with Gasteiger partial charge in [0.2, 0.25) is 5.78 Å². The summed E-state index contributed by atoms with van der Waals surface area (Å²) in [6.07, 6.45) is 2.25. The average Bonchev–Trinajstić information content (AvgIpc) is 3.27. The van der Waals surface area contributed by atoms with Crippen LogP contribution in [0.15, 0.2) is 72.1 Å². The summed E-state index contributed by atoms with van der Waals surface area (Å²) in [5.41, 5.74) is 2.07. The third-order valence-corrected chi connectivity index (χ3v) is 5.78. The van der Waals surface area contributed by atoms with Crippen LogP contribution in [0.3, 0.4) is 0 Å². The van der Waals surface area contributed by atoms with E-state index < -0.39 is 11.5 Å². The molecule has 148 valence electrons. The highest BCUT2D eigenvalue weighted by molar-refractivity contribution is 6.34. The Hall–Kier alpha value is -3.41. The van der Waals surface area contributed by atoms with Gasteiger partial charge in [-0.25, -0.2) is 0 Å². The van der Waals surface area contributed by atoms with E-state index in [4.69, 9.17) is 5.41 Å². The molecule has 0 bridgehead atoms. The van der Waals surface area contributed by atoms with E-state index in [1.165, 1.54) is 0 Å². The fourth-order valence-electron chi connectivity index (χ4n) is 4.48. The van der Waals surface area contributed by atoms with Crippen molar-refractivity contribution in [2.24, 2.45) is 0 Å². The van der Waals surface area contributed by atoms with Crippen LogP contribution in [0.5, 0.6) is 0 Å². The van der Waals surface area contributed by atoms with E-state index in [1.54, 1.807) is 4.90 Å². The normalized spacial score (nSPS) is 22.8. The van der Waals surface area contributed by atoms with Crippen LogP contribution < -0.4 is 5.32 Å². The zero-order valence-electron chi connectivity index (χ0n) is 15.9. The van der Waals surface area contributed by atoms with Crippen molar-refractivity contribution >= 4 is 17.9 Å². The summed E-state index contributed by atoms with van der Waals surface area (Å²) < 4.78 is 0. The second-order valence-electron chi connectivity index (χ2n) is 7.41. The van der Waals surface area contributed by atoms with Crippen LogP contribution in [-0.2, 0) is 9.59 Å². The van der Waals surface area contributed by atoms with E-state index in [0.717, 1.165) is 24.0 Å². The number of nitrogens with zero attached hydrogens (tertiary/aromatic N) is 1. The highest BCUT2D eigenvalue weighted by atomic mass is 16.3. The smallest absolute Gasteiger partial charge is 0.274 e. The minimum atomic E-state index is -0.881. The van der Waals surface area contributed by atoms with E-state index in [-0.39, 0.29) is 29.6 Å². The molecule has 2 heterocycles. The van der Waals surface area contributed by atoms with Gasteiger partial charge in [0.15, 0.2) is 5.76 Å². The monoisotopic (exact) mass is 389 g/mol. The van der Waals surface area contributed by atoms with Crippen LogP contribution in [0.4, 0.5) is 0 Å². The summed E-state index contributed by atoms with van der Waals surface area (Å²) in [5.74, 6) is -2.03. The van der Waals surface area contributed by atoms with Crippen LogP contribution in [0.2, 0.25) is 0 Å². The summed E-state index contributed by atoms with van der Waals surface area (Å²) in [6.45, 7) is 0.591. The number of benzene rings is 2. The fraction of sp³-hybridized carbons (Fsp3) is 0.261. The summed E-state index contributed by atoms with van der Waals surface area (Å²) in [6, 6.07) is 19.8. The van der Waals surface area contributed by atoms with Gasteiger partial charge in [0.1, 0.15) is 5.70 Å². The number of allylic oxidation sites excluding steroid dienone is 1. The molecule has 2 atom stereocenters. The number of piperazine rings is 1. The number of nitrogens with one attached hydrogen (secondary N) is 2. The third kappa shape index (κ3) is 3.42. The number of ketones is 1. The maximum atomic E-state index is 12.9. The highest BCUT2D eigenvalue weighted by Gasteiger charge is 2.46. The Morgan fingerprint density at radius 2 is 1.69 bits per heavy atom. The van der Waals surface area contributed by atoms with Crippen molar-refractivity contribution in [1.82, 2.24) is 10.2 Å². The summed E-state index contributed by atoms with van der Waals surface area (Å²) in [7, 11) is 0. The molecule has 4 rings (SSSR count). The molecular weight excluding hydrogens is 366 g/mol. The molecule has 2 saturated heterocycles. The predicted octanol–water partition coefficient (Wildman–Crippen LogP) is 2.77. The number of carbonyl (C=O) groups is 2. The SMILES string of the molecule is N=CC(=O)/C(O)=C1\NC(C(c2ccccc2)c2ccccc2)C2CCCN2C1=O. The number of Topliss-reactive ketones (excluding diaryl/α,β-unsaturated/α-hetero) is 1. The maximum Gasteiger partial charge on any atom is 0.274 e. The van der Waals surface area contributed by atoms with Gasteiger partial charge < -0.3 is 20.7 Å². The lowest BCUT2D eigenvalue weighted by molar-refractivity contribution is -0.132. The van der Waals surface area contributed by atoms with Crippen molar-refractivity contribution in [3.63, 3.8) is 0 Å². The minimum Gasteiger partial charge on any atom is -0.503 e. The molecule has 2 aliphatic heterocycles. The highest BCUT2D eigenvalue weighted by Crippen LogP contribution is 2.37. The molecular formula is C23H23N3O3. The topological polar surface area (TPSA) is 93.5 Å². The molecule has 0 radical (unpaired) electrons. The first-order valence-electron chi connectivity index (χ1n) is 9.77. The molecule has 0 saturated carbocycles. The molecule has 0 aliphatic carbocycles. The van der Waals surface area contributed by atoms with Crippen molar-refractivity contribution in [3.05, 3.63) is 83.2 Å². The van der Waals surface area contributed by atoms with Gasteiger partial charge in [0, 0.05) is 12.5 Å². The molecule has 2 aliphatic rings. The van der Waals surface area contributed by atoms with Crippen molar-refractivity contribution in [1.29, 1.82) is 5.41 Å². The van der Waals surface area contributed by atoms with Gasteiger partial charge in [0.05, 0.1) is 18.3 Å². The zero-order chi connectivity index (χ0) is 20.4. The standard InChI is InChI=1S/C23H23N3O3/c24-14-18(27)22(28)21-23(29)26-13-7-12-17(26)20(25-21)19(15-8-3-1-4-9-15)16-10-5-2-6-11-16/h1-6,8-11,14,17,19-20,24-25,28H,7,12-13H2/b22-21+,24-14?. The molecule has 0 aromatic heterocycles. The average molecular weight is 389 g/mol. The molecule has 6 nitrogen and oxygen atoms in total. The van der Waals surface area contributed by atoms with Gasteiger partial charge in [-0.05, 0) is 24.0 Å². The van der Waals surface area contributed by atoms with Crippen molar-refractivity contribution in [2.75, 3.05) is 6.54 Å². The summed E-state index contributed by atoms with van der Waals surface area (Å²) in [4.78, 5) is 26.6. The van der Waals surface area contributed by atoms with E-state index in [0.29, 0.717) is 12.8 Å². The molecule has 29 heavy (non-hydrogen) atoms. The first kappa shape index (κ1) is 18.9. The Kier molecular flexibility index (Phi) is 5.16. The third-order valence-electron chi connectivity index (χ3n) is 5.78. The van der Waals surface area contributed by atoms with Gasteiger partial charge >= 0.3 is 0 Å². The quantitative estimate of drug-likeness (QED) is 0.416.